The van der Waals surface area contributed by atoms with Gasteiger partial charge in [-0.3, -0.25) is 9.78 Å². The first-order chi connectivity index (χ1) is 8.21. The first kappa shape index (κ1) is 14.1. The maximum absolute atomic E-state index is 10.8. The van der Waals surface area contributed by atoms with Crippen LogP contribution in [0.5, 0.6) is 0 Å². The van der Waals surface area contributed by atoms with Gasteiger partial charge in [0, 0.05) is 18.9 Å². The van der Waals surface area contributed by atoms with Crippen LogP contribution in [0.4, 0.5) is 0 Å². The van der Waals surface area contributed by atoms with Crippen LogP contribution in [0.3, 0.4) is 0 Å². The fourth-order valence-corrected chi connectivity index (χ4v) is 1.58. The number of carbonyl (C=O) groups is 1. The minimum Gasteiger partial charge on any atom is -0.356 e. The molecule has 0 aliphatic carbocycles. The first-order valence-corrected chi connectivity index (χ1v) is 5.83. The third-order valence-corrected chi connectivity index (χ3v) is 2.50. The Kier molecular flexibility index (Phi) is 6.11. The minimum absolute atomic E-state index is 0.264. The van der Waals surface area contributed by atoms with E-state index in [1.807, 2.05) is 6.92 Å². The van der Waals surface area contributed by atoms with Gasteiger partial charge < -0.3 is 9.47 Å². The van der Waals surface area contributed by atoms with E-state index in [2.05, 4.69) is 4.98 Å². The van der Waals surface area contributed by atoms with Gasteiger partial charge in [0.2, 0.25) is 0 Å². The molecule has 1 atom stereocenters. The minimum atomic E-state index is -0.265. The summed E-state index contributed by atoms with van der Waals surface area (Å²) in [5.41, 5.74) is 1.02. The van der Waals surface area contributed by atoms with Gasteiger partial charge in [-0.25, -0.2) is 0 Å². The Balaban J connectivity index is 2.66. The second-order valence-corrected chi connectivity index (χ2v) is 4.02. The molecular weight excluding hydrogens is 242 g/mol. The lowest BCUT2D eigenvalue weighted by Gasteiger charge is -2.15. The fourth-order valence-electron chi connectivity index (χ4n) is 1.40. The molecule has 94 valence electrons. The van der Waals surface area contributed by atoms with E-state index >= 15 is 0 Å². The van der Waals surface area contributed by atoms with Gasteiger partial charge in [0.1, 0.15) is 5.69 Å². The molecule has 0 spiro atoms. The number of halogens is 1. The maximum atomic E-state index is 10.8. The maximum Gasteiger partial charge on any atom is 0.168 e. The highest BCUT2D eigenvalue weighted by Gasteiger charge is 2.09. The Bertz CT molecular complexity index is 371. The van der Waals surface area contributed by atoms with Crippen LogP contribution in [0.25, 0.3) is 0 Å². The van der Waals surface area contributed by atoms with E-state index in [-0.39, 0.29) is 12.9 Å². The summed E-state index contributed by atoms with van der Waals surface area (Å²) >= 11 is 5.82. The van der Waals surface area contributed by atoms with Crippen LogP contribution >= 0.6 is 11.6 Å². The molecule has 0 bridgehead atoms. The van der Waals surface area contributed by atoms with Crippen molar-refractivity contribution in [3.8, 4) is 0 Å². The van der Waals surface area contributed by atoms with Crippen LogP contribution in [0.15, 0.2) is 12.3 Å². The summed E-state index contributed by atoms with van der Waals surface area (Å²) in [6, 6.07) is 1.68. The highest BCUT2D eigenvalue weighted by Crippen LogP contribution is 2.15. The van der Waals surface area contributed by atoms with Crippen molar-refractivity contribution in [3.05, 3.63) is 28.5 Å². The average molecular weight is 258 g/mol. The Hall–Kier alpha value is -0.970. The van der Waals surface area contributed by atoms with Gasteiger partial charge in [-0.1, -0.05) is 24.9 Å². The molecule has 0 fully saturated rings. The number of ether oxygens (including phenoxy) is 2. The summed E-state index contributed by atoms with van der Waals surface area (Å²) in [4.78, 5) is 14.7. The summed E-state index contributed by atoms with van der Waals surface area (Å²) < 4.78 is 10.7. The Labute approximate surface area is 106 Å². The summed E-state index contributed by atoms with van der Waals surface area (Å²) in [6.07, 6.45) is 3.64. The lowest BCUT2D eigenvalue weighted by molar-refractivity contribution is -0.135. The van der Waals surface area contributed by atoms with Crippen molar-refractivity contribution >= 4 is 17.9 Å². The van der Waals surface area contributed by atoms with E-state index in [1.165, 1.54) is 6.20 Å². The molecule has 5 heteroatoms. The van der Waals surface area contributed by atoms with Crippen LogP contribution in [0.1, 0.15) is 35.8 Å². The summed E-state index contributed by atoms with van der Waals surface area (Å²) in [6.45, 7) is 2.31. The number of hydrogen-bond acceptors (Lipinski definition) is 4. The molecule has 0 amide bonds. The molecule has 0 saturated heterocycles. The van der Waals surface area contributed by atoms with Gasteiger partial charge in [0.25, 0.3) is 0 Å². The van der Waals surface area contributed by atoms with Crippen LogP contribution < -0.4 is 0 Å². The summed E-state index contributed by atoms with van der Waals surface area (Å²) in [7, 11) is 1.59. The average Bonchev–Trinajstić information content (AvgIpc) is 2.34. The Morgan fingerprint density at radius 3 is 2.94 bits per heavy atom. The normalized spacial score (nSPS) is 12.4. The predicted octanol–water partition coefficient (Wildman–Crippen LogP) is 2.84. The topological polar surface area (TPSA) is 48.4 Å². The summed E-state index contributed by atoms with van der Waals surface area (Å²) in [5, 5.41) is 0.485. The molecule has 4 nitrogen and oxygen atoms in total. The molecule has 0 radical (unpaired) electrons. The van der Waals surface area contributed by atoms with Gasteiger partial charge in [-0.2, -0.15) is 0 Å². The zero-order valence-electron chi connectivity index (χ0n) is 9.98. The van der Waals surface area contributed by atoms with Crippen LogP contribution in [-0.2, 0) is 16.1 Å². The fraction of sp³-hybridized carbons (Fsp3) is 0.500. The van der Waals surface area contributed by atoms with E-state index in [0.717, 1.165) is 12.8 Å². The molecule has 1 unspecified atom stereocenters. The van der Waals surface area contributed by atoms with Crippen molar-refractivity contribution in [3.63, 3.8) is 0 Å². The Morgan fingerprint density at radius 2 is 2.35 bits per heavy atom. The molecule has 0 saturated carbocycles. The van der Waals surface area contributed by atoms with Gasteiger partial charge in [0.15, 0.2) is 12.6 Å². The third kappa shape index (κ3) is 4.42. The number of hydrogen-bond donors (Lipinski definition) is 0. The number of rotatable bonds is 7. The highest BCUT2D eigenvalue weighted by atomic mass is 35.5. The van der Waals surface area contributed by atoms with E-state index in [1.54, 1.807) is 13.2 Å². The Morgan fingerprint density at radius 1 is 1.59 bits per heavy atom. The molecule has 0 N–H and O–H groups in total. The summed E-state index contributed by atoms with van der Waals surface area (Å²) in [5.74, 6) is 0. The second-order valence-electron chi connectivity index (χ2n) is 3.58. The van der Waals surface area contributed by atoms with Crippen molar-refractivity contribution in [2.45, 2.75) is 32.7 Å². The van der Waals surface area contributed by atoms with Crippen molar-refractivity contribution in [1.82, 2.24) is 4.98 Å². The highest BCUT2D eigenvalue weighted by molar-refractivity contribution is 6.30. The van der Waals surface area contributed by atoms with E-state index < -0.39 is 0 Å². The van der Waals surface area contributed by atoms with Crippen molar-refractivity contribution < 1.29 is 14.3 Å². The predicted molar refractivity (Wildman–Crippen MR) is 65.1 cm³/mol. The van der Waals surface area contributed by atoms with Gasteiger partial charge >= 0.3 is 0 Å². The van der Waals surface area contributed by atoms with E-state index in [4.69, 9.17) is 21.1 Å². The molecule has 17 heavy (non-hydrogen) atoms. The number of methoxy groups -OCH3 is 1. The zero-order valence-corrected chi connectivity index (χ0v) is 10.7. The van der Waals surface area contributed by atoms with E-state index in [9.17, 15) is 4.79 Å². The monoisotopic (exact) mass is 257 g/mol. The van der Waals surface area contributed by atoms with Crippen LogP contribution in [0, 0.1) is 0 Å². The van der Waals surface area contributed by atoms with Gasteiger partial charge in [-0.15, -0.1) is 0 Å². The van der Waals surface area contributed by atoms with Crippen molar-refractivity contribution in [2.75, 3.05) is 7.11 Å². The number of nitrogens with zero attached hydrogens (tertiary/aromatic N) is 1. The van der Waals surface area contributed by atoms with Gasteiger partial charge in [-0.05, 0) is 12.5 Å². The molecule has 1 aromatic rings. The van der Waals surface area contributed by atoms with Crippen molar-refractivity contribution in [1.29, 1.82) is 0 Å². The molecule has 1 rings (SSSR count). The molecule has 1 aromatic heterocycles. The van der Waals surface area contributed by atoms with Crippen LogP contribution in [-0.4, -0.2) is 24.7 Å². The molecule has 0 aromatic carbocycles. The van der Waals surface area contributed by atoms with E-state index in [0.29, 0.717) is 22.6 Å². The molecular formula is C12H16ClNO3. The number of carbonyl (C=O) groups excluding carboxylic acids is 1. The zero-order chi connectivity index (χ0) is 12.7. The second kappa shape index (κ2) is 7.37. The lowest BCUT2D eigenvalue weighted by atomic mass is 10.2. The van der Waals surface area contributed by atoms with Gasteiger partial charge in [0.05, 0.1) is 11.6 Å². The molecule has 0 aliphatic heterocycles. The molecule has 1 heterocycles. The van der Waals surface area contributed by atoms with Crippen molar-refractivity contribution in [2.24, 2.45) is 0 Å². The SMILES string of the molecule is CCCC(OC)OCc1cc(Cl)cnc1C=O. The number of aldehydes is 1. The largest absolute Gasteiger partial charge is 0.356 e. The number of pyridine rings is 1. The quantitative estimate of drug-likeness (QED) is 0.557. The number of aromatic nitrogens is 1. The molecule has 0 aliphatic rings. The lowest BCUT2D eigenvalue weighted by Crippen LogP contribution is -2.15. The standard InChI is InChI=1S/C12H16ClNO3/c1-3-4-12(16-2)17-8-9-5-10(13)6-14-11(9)7-15/h5-7,12H,3-4,8H2,1-2H3. The smallest absolute Gasteiger partial charge is 0.168 e. The third-order valence-electron chi connectivity index (χ3n) is 2.29. The van der Waals surface area contributed by atoms with Crippen LogP contribution in [0.2, 0.25) is 5.02 Å². The first-order valence-electron chi connectivity index (χ1n) is 5.45.